The highest BCUT2D eigenvalue weighted by Crippen LogP contribution is 2.35. The van der Waals surface area contributed by atoms with E-state index in [2.05, 4.69) is 99.0 Å². The molecule has 150 heavy (non-hydrogen) atoms. The molecule has 8 rings (SSSR count). The summed E-state index contributed by atoms with van der Waals surface area (Å²) >= 11 is 2.65. The van der Waals surface area contributed by atoms with E-state index in [1.165, 1.54) is 22.7 Å². The number of carbonyl (C=O) groups excluding carboxylic acids is 9. The molecule has 0 aliphatic heterocycles. The highest BCUT2D eigenvalue weighted by atomic mass is 32.1. The first-order valence-electron chi connectivity index (χ1n) is 54.4. The number of amides is 9. The topological polar surface area (TPSA) is 392 Å². The first kappa shape index (κ1) is 128. The molecular weight excluding hydrogens is 1930 g/mol. The molecule has 29 nitrogen and oxygen atoms in total. The van der Waals surface area contributed by atoms with Gasteiger partial charge in [0.05, 0.1) is 107 Å². The molecule has 3 aromatic carbocycles. The first-order chi connectivity index (χ1) is 72.2. The molecular formula is C119H174N14O15S2. The Morgan fingerprint density at radius 3 is 0.880 bits per heavy atom. The maximum absolute atomic E-state index is 14.4. The van der Waals surface area contributed by atoms with Gasteiger partial charge in [0.25, 0.3) is 0 Å². The SMILES string of the molecule is C#CCCC[C@H](O)[C@H](O)[C@H](CC1CCCCC1)NC(=O)[C@@H](NC(=O)[C@@H](CC(=O)N(C)CCN(C)CC)Cc1ccccc1)C(C#C)CC.C#CCCC[C@H](O)[C@H](O)[C@H](CC1CCCCC1)NC(=O)[C@@H](NC(=O)[C@@H](CC(=O)N(C)CCN(C)CC)Cc1ccccc1)C(C#C)c1cscn1.C#CCCC[C@H](O)[C@H](O)[C@H](CC1CCCCC1)NC(=O)[C@@H](NC(=O)[C@@H](CC(=O)N(C)CCN(C)CC)Cc1ccccc1)C(C#C)c1cscn1. The molecule has 2 aromatic heterocycles. The van der Waals surface area contributed by atoms with E-state index in [9.17, 15) is 73.8 Å². The number of hydrogen-bond donors (Lipinski definition) is 12. The fourth-order valence-electron chi connectivity index (χ4n) is 19.6. The van der Waals surface area contributed by atoms with Crippen LogP contribution in [0.4, 0.5) is 0 Å². The van der Waals surface area contributed by atoms with Crippen molar-refractivity contribution in [3.63, 3.8) is 0 Å². The van der Waals surface area contributed by atoms with Gasteiger partial charge in [-0.1, -0.05) is 227 Å². The Hall–Kier alpha value is -10.9. The number of likely N-dealkylation sites (N-methyl/N-ethyl adjacent to an activating group) is 6. The van der Waals surface area contributed by atoms with Crippen molar-refractivity contribution in [2.75, 3.05) is 101 Å². The van der Waals surface area contributed by atoms with Crippen molar-refractivity contribution in [2.24, 2.45) is 41.4 Å². The molecule has 18 atom stereocenters. The highest BCUT2D eigenvalue weighted by molar-refractivity contribution is 7.07. The Morgan fingerprint density at radius 1 is 0.367 bits per heavy atom. The van der Waals surface area contributed by atoms with Crippen molar-refractivity contribution in [1.82, 2.24) is 71.3 Å². The minimum Gasteiger partial charge on any atom is -0.390 e. The Labute approximate surface area is 903 Å². The number of unbranched alkanes of at least 4 members (excludes halogenated alkanes) is 3. The van der Waals surface area contributed by atoms with Crippen LogP contribution in [-0.4, -0.2) is 297 Å². The summed E-state index contributed by atoms with van der Waals surface area (Å²) in [6, 6.07) is 22.5. The predicted octanol–water partition coefficient (Wildman–Crippen LogP) is 11.7. The first-order valence-corrected chi connectivity index (χ1v) is 56.3. The summed E-state index contributed by atoms with van der Waals surface area (Å²) in [5.74, 6) is 8.13. The van der Waals surface area contributed by atoms with Gasteiger partial charge >= 0.3 is 0 Å². The molecule has 3 aliphatic rings. The number of carbonyl (C=O) groups is 9. The maximum Gasteiger partial charge on any atom is 0.244 e. The van der Waals surface area contributed by atoms with Crippen LogP contribution in [0.2, 0.25) is 0 Å². The van der Waals surface area contributed by atoms with Crippen LogP contribution in [-0.2, 0) is 62.4 Å². The standard InChI is InChI=1S/2C40H57N5O5S.C39H60N4O5/c2*1-6-9-12-21-35(46)38(48)33(25-30-19-15-11-16-20-30)42-40(50)37(32(7-2)34-27-51-28-41-34)43-39(49)31(24-29-17-13-10-14-18-29)26-36(47)45(5)23-22-44(4)8-3;1-7-11-14-23-34(44)37(46)33(27-30-21-17-13-18-22-30)40-39(48)36(31(8-2)9-3)41-38(47)32(26-29-19-15-12-16-20-29)28-35(45)43(6)25-24-42(5)10-4/h2*1-2,10,13-14,17-18,27-28,30-33,35,37-38,46,48H,8-9,11-12,15-16,19-26H2,3-5H3,(H,42,50)(H,43,49);1-2,12,15-16,19-20,30-34,36-37,44,46H,9-11,13-14,17-18,21-28H2,3-6H3,(H,40,48)(H,41,47)/t2*31-,32?,33+,35+,37+,38-;31?,32-,33+,34+,36+,37-/m111/s1. The number of aromatic nitrogens is 2. The minimum atomic E-state index is -1.26. The number of benzene rings is 3. The molecule has 0 radical (unpaired) electrons. The summed E-state index contributed by atoms with van der Waals surface area (Å²) in [4.78, 5) is 146. The lowest BCUT2D eigenvalue weighted by molar-refractivity contribution is -0.137. The molecule has 31 heteroatoms. The van der Waals surface area contributed by atoms with Crippen molar-refractivity contribution in [3.8, 4) is 74.1 Å². The van der Waals surface area contributed by atoms with E-state index in [0.29, 0.717) is 134 Å². The lowest BCUT2D eigenvalue weighted by Crippen LogP contribution is -2.57. The smallest absolute Gasteiger partial charge is 0.244 e. The number of nitrogens with zero attached hydrogens (tertiary/aromatic N) is 8. The van der Waals surface area contributed by atoms with E-state index in [0.717, 1.165) is 133 Å². The lowest BCUT2D eigenvalue weighted by Gasteiger charge is -2.34. The fourth-order valence-corrected chi connectivity index (χ4v) is 20.8. The second-order valence-corrected chi connectivity index (χ2v) is 42.6. The van der Waals surface area contributed by atoms with Gasteiger partial charge in [0.15, 0.2) is 0 Å². The molecule has 0 spiro atoms. The number of thiazole rings is 2. The quantitative estimate of drug-likeness (QED) is 0.0127. The summed E-state index contributed by atoms with van der Waals surface area (Å²) in [6.45, 7) is 14.2. The summed E-state index contributed by atoms with van der Waals surface area (Å²) in [7, 11) is 11.2. The van der Waals surface area contributed by atoms with Crippen molar-refractivity contribution < 1.29 is 73.8 Å². The van der Waals surface area contributed by atoms with Crippen molar-refractivity contribution in [1.29, 1.82) is 0 Å². The van der Waals surface area contributed by atoms with Gasteiger partial charge < -0.3 is 91.9 Å². The van der Waals surface area contributed by atoms with Crippen LogP contribution in [0.25, 0.3) is 0 Å². The monoisotopic (exact) mass is 2100 g/mol. The van der Waals surface area contributed by atoms with Crippen LogP contribution in [0.3, 0.4) is 0 Å². The summed E-state index contributed by atoms with van der Waals surface area (Å²) in [5.41, 5.74) is 6.79. The summed E-state index contributed by atoms with van der Waals surface area (Å²) in [5, 5.41) is 88.1. The second kappa shape index (κ2) is 71.9. The molecule has 3 fully saturated rings. The largest absolute Gasteiger partial charge is 0.390 e. The average molecular weight is 2100 g/mol. The second-order valence-electron chi connectivity index (χ2n) is 41.2. The summed E-state index contributed by atoms with van der Waals surface area (Å²) in [6.07, 6.45) is 49.5. The van der Waals surface area contributed by atoms with Crippen molar-refractivity contribution in [3.05, 3.63) is 141 Å². The third-order valence-corrected chi connectivity index (χ3v) is 31.1. The van der Waals surface area contributed by atoms with E-state index in [-0.39, 0.29) is 74.5 Å². The molecule has 3 saturated carbocycles. The van der Waals surface area contributed by atoms with E-state index >= 15 is 0 Å². The number of nitrogens with one attached hydrogen (secondary N) is 6. The van der Waals surface area contributed by atoms with Gasteiger partial charge in [0.1, 0.15) is 18.1 Å². The Balaban J connectivity index is 0.000000343. The number of terminal acetylenes is 6. The van der Waals surface area contributed by atoms with Gasteiger partial charge in [0.2, 0.25) is 53.2 Å². The number of aliphatic hydroxyl groups is 6. The van der Waals surface area contributed by atoms with Gasteiger partial charge in [-0.05, 0) is 159 Å². The average Bonchev–Trinajstić information content (AvgIpc) is 1.20. The minimum absolute atomic E-state index is 0.0267. The van der Waals surface area contributed by atoms with Gasteiger partial charge in [-0.25, -0.2) is 9.97 Å². The zero-order valence-corrected chi connectivity index (χ0v) is 92.3. The predicted molar refractivity (Wildman–Crippen MR) is 596 cm³/mol. The van der Waals surface area contributed by atoms with E-state index in [1.54, 1.807) is 57.6 Å². The van der Waals surface area contributed by atoms with Crippen LogP contribution in [0.5, 0.6) is 0 Å². The van der Waals surface area contributed by atoms with Crippen LogP contribution in [0, 0.1) is 115 Å². The molecule has 2 heterocycles. The normalized spacial score (nSPS) is 17.0. The molecule has 822 valence electrons. The van der Waals surface area contributed by atoms with Crippen molar-refractivity contribution in [2.45, 2.75) is 331 Å². The zero-order chi connectivity index (χ0) is 110. The van der Waals surface area contributed by atoms with Gasteiger partial charge in [-0.2, -0.15) is 0 Å². The molecule has 3 aliphatic carbocycles. The fraction of sp³-hybridized carbons (Fsp3) is 0.622. The van der Waals surface area contributed by atoms with Gasteiger partial charge in [-0.15, -0.1) is 84.9 Å². The van der Waals surface area contributed by atoms with E-state index < -0.39 is 144 Å². The highest BCUT2D eigenvalue weighted by Gasteiger charge is 2.43. The molecule has 5 aromatic rings. The zero-order valence-electron chi connectivity index (χ0n) is 90.7. The van der Waals surface area contributed by atoms with Gasteiger partial charge in [0, 0.05) is 116 Å². The van der Waals surface area contributed by atoms with E-state index in [1.807, 2.05) is 133 Å². The van der Waals surface area contributed by atoms with Crippen LogP contribution >= 0.6 is 22.7 Å². The van der Waals surface area contributed by atoms with E-state index in [4.69, 9.17) is 38.5 Å². The molecule has 9 amide bonds. The van der Waals surface area contributed by atoms with Crippen LogP contribution < -0.4 is 31.9 Å². The van der Waals surface area contributed by atoms with Crippen LogP contribution in [0.15, 0.2) is 113 Å². The number of rotatable bonds is 63. The molecule has 0 saturated heterocycles. The third kappa shape index (κ3) is 46.0. The molecule has 3 unspecified atom stereocenters. The molecule has 0 bridgehead atoms. The van der Waals surface area contributed by atoms with Gasteiger partial charge in [-0.3, -0.25) is 43.2 Å². The summed E-state index contributed by atoms with van der Waals surface area (Å²) < 4.78 is 0. The Kier molecular flexibility index (Phi) is 61.2. The Morgan fingerprint density at radius 2 is 0.640 bits per heavy atom. The van der Waals surface area contributed by atoms with Crippen molar-refractivity contribution >= 4 is 75.8 Å². The lowest BCUT2D eigenvalue weighted by atomic mass is 9.82. The third-order valence-electron chi connectivity index (χ3n) is 29.9. The number of hydrogen-bond acceptors (Lipinski definition) is 22. The van der Waals surface area contributed by atoms with Crippen LogP contribution in [0.1, 0.15) is 267 Å². The Bertz CT molecular complexity index is 4790. The molecule has 12 N–H and O–H groups in total. The number of aliphatic hydroxyl groups excluding tert-OH is 6. The maximum atomic E-state index is 14.4.